The van der Waals surface area contributed by atoms with Crippen molar-refractivity contribution in [1.29, 1.82) is 0 Å². The number of amides is 1. The van der Waals surface area contributed by atoms with Crippen LogP contribution >= 0.6 is 0 Å². The number of likely N-dealkylation sites (tertiary alicyclic amines) is 1. The Hall–Kier alpha value is -2.18. The van der Waals surface area contributed by atoms with E-state index in [0.717, 1.165) is 44.6 Å². The maximum atomic E-state index is 12.4. The van der Waals surface area contributed by atoms with Crippen LogP contribution in [0.5, 0.6) is 0 Å². The SMILES string of the molecule is Cc1cc(C(=O)NC[C@H]2[C@H]3CN(CCCc4ccccc4)C[C@]34CC[C@H]2O4)on1. The quantitative estimate of drug-likeness (QED) is 0.781. The number of carbonyl (C=O) groups is 1. The van der Waals surface area contributed by atoms with Gasteiger partial charge in [0.1, 0.15) is 0 Å². The number of hydrogen-bond acceptors (Lipinski definition) is 5. The van der Waals surface area contributed by atoms with Crippen LogP contribution in [0, 0.1) is 18.8 Å². The van der Waals surface area contributed by atoms with Gasteiger partial charge in [-0.15, -0.1) is 0 Å². The van der Waals surface area contributed by atoms with Crippen molar-refractivity contribution in [2.45, 2.75) is 44.3 Å². The number of benzene rings is 1. The Morgan fingerprint density at radius 3 is 3.00 bits per heavy atom. The van der Waals surface area contributed by atoms with E-state index in [9.17, 15) is 4.79 Å². The largest absolute Gasteiger partial charge is 0.370 e. The third-order valence-corrected chi connectivity index (χ3v) is 6.99. The Balaban J connectivity index is 1.16. The zero-order chi connectivity index (χ0) is 19.8. The lowest BCUT2D eigenvalue weighted by atomic mass is 9.73. The number of aromatic nitrogens is 1. The molecule has 1 spiro atoms. The van der Waals surface area contributed by atoms with Crippen LogP contribution in [0.15, 0.2) is 40.9 Å². The van der Waals surface area contributed by atoms with Crippen molar-refractivity contribution >= 4 is 5.91 Å². The Morgan fingerprint density at radius 1 is 1.34 bits per heavy atom. The molecule has 3 saturated heterocycles. The molecule has 3 aliphatic heterocycles. The Bertz CT molecular complexity index is 867. The monoisotopic (exact) mass is 395 g/mol. The minimum Gasteiger partial charge on any atom is -0.370 e. The van der Waals surface area contributed by atoms with Gasteiger partial charge in [-0.25, -0.2) is 0 Å². The van der Waals surface area contributed by atoms with E-state index in [1.54, 1.807) is 6.07 Å². The summed E-state index contributed by atoms with van der Waals surface area (Å²) in [7, 11) is 0. The smallest absolute Gasteiger partial charge is 0.289 e. The van der Waals surface area contributed by atoms with Crippen LogP contribution in [0.2, 0.25) is 0 Å². The van der Waals surface area contributed by atoms with E-state index in [1.165, 1.54) is 12.0 Å². The summed E-state index contributed by atoms with van der Waals surface area (Å²) in [6.45, 7) is 5.69. The fourth-order valence-corrected chi connectivity index (χ4v) is 5.65. The van der Waals surface area contributed by atoms with Crippen molar-refractivity contribution in [3.8, 4) is 0 Å². The molecular formula is C23H29N3O3. The normalized spacial score (nSPS) is 30.6. The van der Waals surface area contributed by atoms with Crippen LogP contribution in [0.25, 0.3) is 0 Å². The van der Waals surface area contributed by atoms with Crippen molar-refractivity contribution in [1.82, 2.24) is 15.4 Å². The molecule has 154 valence electrons. The van der Waals surface area contributed by atoms with E-state index in [-0.39, 0.29) is 23.4 Å². The lowest BCUT2D eigenvalue weighted by molar-refractivity contribution is 0.00270. The maximum absolute atomic E-state index is 12.4. The summed E-state index contributed by atoms with van der Waals surface area (Å²) in [5.41, 5.74) is 2.14. The van der Waals surface area contributed by atoms with Gasteiger partial charge in [-0.3, -0.25) is 4.79 Å². The van der Waals surface area contributed by atoms with Crippen LogP contribution in [0.1, 0.15) is 41.1 Å². The molecular weight excluding hydrogens is 366 g/mol. The van der Waals surface area contributed by atoms with E-state index in [2.05, 4.69) is 45.7 Å². The summed E-state index contributed by atoms with van der Waals surface area (Å²) >= 11 is 0. The fraction of sp³-hybridized carbons (Fsp3) is 0.565. The standard InChI is InChI=1S/C23H29N3O3/c1-16-12-21(29-25-16)22(27)24-13-18-19-14-26(15-23(19)10-9-20(18)28-23)11-5-8-17-6-3-2-4-7-17/h2-4,6-7,12,18-20H,5,8-11,13-15H2,1H3,(H,24,27)/t18-,19+,20+,23+/m0/s1. The molecule has 2 bridgehead atoms. The third kappa shape index (κ3) is 3.60. The van der Waals surface area contributed by atoms with Gasteiger partial charge in [-0.1, -0.05) is 35.5 Å². The van der Waals surface area contributed by atoms with Gasteiger partial charge < -0.3 is 19.5 Å². The van der Waals surface area contributed by atoms with Crippen molar-refractivity contribution < 1.29 is 14.1 Å². The lowest BCUT2D eigenvalue weighted by Crippen LogP contribution is -2.41. The number of hydrogen-bond donors (Lipinski definition) is 1. The number of nitrogens with one attached hydrogen (secondary N) is 1. The molecule has 4 heterocycles. The van der Waals surface area contributed by atoms with E-state index in [1.807, 2.05) is 6.92 Å². The zero-order valence-corrected chi connectivity index (χ0v) is 17.0. The second-order valence-corrected chi connectivity index (χ2v) is 8.90. The van der Waals surface area contributed by atoms with Crippen molar-refractivity contribution in [2.75, 3.05) is 26.2 Å². The summed E-state index contributed by atoms with van der Waals surface area (Å²) in [6, 6.07) is 12.4. The molecule has 4 atom stereocenters. The fourth-order valence-electron chi connectivity index (χ4n) is 5.65. The van der Waals surface area contributed by atoms with E-state index < -0.39 is 0 Å². The number of rotatable bonds is 7. The molecule has 0 radical (unpaired) electrons. The molecule has 29 heavy (non-hydrogen) atoms. The predicted octanol–water partition coefficient (Wildman–Crippen LogP) is 2.83. The van der Waals surface area contributed by atoms with E-state index in [4.69, 9.17) is 9.26 Å². The minimum atomic E-state index is -0.180. The molecule has 3 aliphatic rings. The molecule has 6 heteroatoms. The second kappa shape index (κ2) is 7.58. The number of ether oxygens (including phenoxy) is 1. The average Bonchev–Trinajstić information content (AvgIpc) is 3.47. The Kier molecular flexibility index (Phi) is 4.92. The van der Waals surface area contributed by atoms with Gasteiger partial charge in [0.2, 0.25) is 5.76 Å². The van der Waals surface area contributed by atoms with Gasteiger partial charge in [0.25, 0.3) is 5.91 Å². The first-order valence-corrected chi connectivity index (χ1v) is 10.8. The molecule has 0 unspecified atom stereocenters. The van der Waals surface area contributed by atoms with Crippen LogP contribution in [-0.2, 0) is 11.2 Å². The second-order valence-electron chi connectivity index (χ2n) is 8.90. The highest BCUT2D eigenvalue weighted by Crippen LogP contribution is 2.54. The molecule has 1 aromatic carbocycles. The molecule has 1 amide bonds. The van der Waals surface area contributed by atoms with E-state index in [0.29, 0.717) is 18.4 Å². The number of carbonyl (C=O) groups excluding carboxylic acids is 1. The summed E-state index contributed by atoms with van der Waals surface area (Å²) < 4.78 is 11.6. The van der Waals surface area contributed by atoms with Crippen LogP contribution < -0.4 is 5.32 Å². The summed E-state index contributed by atoms with van der Waals surface area (Å²) in [6.07, 6.45) is 4.83. The Morgan fingerprint density at radius 2 is 2.21 bits per heavy atom. The molecule has 5 rings (SSSR count). The highest BCUT2D eigenvalue weighted by molar-refractivity contribution is 5.91. The van der Waals surface area contributed by atoms with Gasteiger partial charge in [0, 0.05) is 37.5 Å². The molecule has 3 fully saturated rings. The zero-order valence-electron chi connectivity index (χ0n) is 17.0. The number of nitrogens with zero attached hydrogens (tertiary/aromatic N) is 2. The summed E-state index contributed by atoms with van der Waals surface area (Å²) in [4.78, 5) is 14.9. The van der Waals surface area contributed by atoms with Gasteiger partial charge in [0.15, 0.2) is 0 Å². The summed E-state index contributed by atoms with van der Waals surface area (Å²) in [5, 5.41) is 6.86. The van der Waals surface area contributed by atoms with Gasteiger partial charge in [-0.05, 0) is 44.7 Å². The van der Waals surface area contributed by atoms with Gasteiger partial charge in [-0.2, -0.15) is 0 Å². The highest BCUT2D eigenvalue weighted by Gasteiger charge is 2.62. The number of fused-ring (bicyclic) bond motifs is 1. The molecule has 2 aromatic rings. The third-order valence-electron chi connectivity index (χ3n) is 6.99. The van der Waals surface area contributed by atoms with Crippen molar-refractivity contribution in [2.24, 2.45) is 11.8 Å². The first kappa shape index (κ1) is 18.8. The van der Waals surface area contributed by atoms with Gasteiger partial charge >= 0.3 is 0 Å². The minimum absolute atomic E-state index is 0.00956. The molecule has 1 aromatic heterocycles. The molecule has 6 nitrogen and oxygen atoms in total. The first-order valence-electron chi connectivity index (χ1n) is 10.8. The van der Waals surface area contributed by atoms with Crippen molar-refractivity contribution in [3.63, 3.8) is 0 Å². The Labute approximate surface area is 171 Å². The van der Waals surface area contributed by atoms with Crippen LogP contribution in [0.3, 0.4) is 0 Å². The summed E-state index contributed by atoms with van der Waals surface area (Å²) in [5.74, 6) is 1.00. The first-order chi connectivity index (χ1) is 14.1. The average molecular weight is 396 g/mol. The van der Waals surface area contributed by atoms with Crippen LogP contribution in [-0.4, -0.2) is 53.8 Å². The maximum Gasteiger partial charge on any atom is 0.289 e. The van der Waals surface area contributed by atoms with Gasteiger partial charge in [0.05, 0.1) is 17.4 Å². The number of aryl methyl sites for hydroxylation is 2. The lowest BCUT2D eigenvalue weighted by Gasteiger charge is -2.29. The molecule has 0 aliphatic carbocycles. The van der Waals surface area contributed by atoms with E-state index >= 15 is 0 Å². The topological polar surface area (TPSA) is 67.6 Å². The predicted molar refractivity (Wildman–Crippen MR) is 109 cm³/mol. The van der Waals surface area contributed by atoms with Crippen LogP contribution in [0.4, 0.5) is 0 Å². The highest BCUT2D eigenvalue weighted by atomic mass is 16.5. The van der Waals surface area contributed by atoms with Crippen molar-refractivity contribution in [3.05, 3.63) is 53.4 Å². The molecule has 1 N–H and O–H groups in total. The molecule has 0 saturated carbocycles.